The van der Waals surface area contributed by atoms with Gasteiger partial charge in [-0.25, -0.2) is 0 Å². The molecule has 2 heteroatoms. The van der Waals surface area contributed by atoms with Crippen LogP contribution in [0.2, 0.25) is 0 Å². The van der Waals surface area contributed by atoms with Crippen molar-refractivity contribution in [2.75, 3.05) is 13.2 Å². The zero-order valence-electron chi connectivity index (χ0n) is 10.8. The fourth-order valence-electron chi connectivity index (χ4n) is 2.23. The number of terminal acetylenes is 1. The molecule has 1 heterocycles. The molecular formula is C17H14O2. The van der Waals surface area contributed by atoms with Crippen LogP contribution in [0.3, 0.4) is 0 Å². The van der Waals surface area contributed by atoms with Gasteiger partial charge in [0.1, 0.15) is 13.2 Å². The van der Waals surface area contributed by atoms with E-state index in [4.69, 9.17) is 15.9 Å². The van der Waals surface area contributed by atoms with Crippen molar-refractivity contribution in [1.82, 2.24) is 0 Å². The van der Waals surface area contributed by atoms with Crippen molar-refractivity contribution in [1.29, 1.82) is 0 Å². The number of fused-ring (bicyclic) bond motifs is 1. The first-order valence-corrected chi connectivity index (χ1v) is 6.25. The smallest absolute Gasteiger partial charge is 0.161 e. The Balaban J connectivity index is 2.03. The van der Waals surface area contributed by atoms with Gasteiger partial charge in [-0.05, 0) is 41.8 Å². The Labute approximate surface area is 113 Å². The molecule has 0 fully saturated rings. The molecule has 0 aromatic heterocycles. The second-order valence-electron chi connectivity index (χ2n) is 4.53. The summed E-state index contributed by atoms with van der Waals surface area (Å²) in [5.74, 6) is 4.30. The maximum Gasteiger partial charge on any atom is 0.161 e. The molecule has 0 radical (unpaired) electrons. The average Bonchev–Trinajstić information content (AvgIpc) is 2.46. The van der Waals surface area contributed by atoms with Crippen LogP contribution in [0.15, 0.2) is 36.4 Å². The lowest BCUT2D eigenvalue weighted by Crippen LogP contribution is -2.15. The molecule has 0 saturated heterocycles. The van der Waals surface area contributed by atoms with E-state index in [1.807, 2.05) is 37.3 Å². The van der Waals surface area contributed by atoms with E-state index in [0.717, 1.165) is 33.8 Å². The molecule has 0 unspecified atom stereocenters. The monoisotopic (exact) mass is 250 g/mol. The molecule has 2 aromatic rings. The fourth-order valence-corrected chi connectivity index (χ4v) is 2.23. The number of rotatable bonds is 1. The molecule has 0 saturated carbocycles. The van der Waals surface area contributed by atoms with Gasteiger partial charge >= 0.3 is 0 Å². The lowest BCUT2D eigenvalue weighted by Gasteiger charge is -2.19. The summed E-state index contributed by atoms with van der Waals surface area (Å²) in [7, 11) is 0. The van der Waals surface area contributed by atoms with Gasteiger partial charge in [-0.1, -0.05) is 24.1 Å². The highest BCUT2D eigenvalue weighted by Crippen LogP contribution is 2.34. The van der Waals surface area contributed by atoms with Gasteiger partial charge in [0.2, 0.25) is 0 Å². The van der Waals surface area contributed by atoms with E-state index in [0.29, 0.717) is 13.2 Å². The second kappa shape index (κ2) is 4.70. The molecule has 0 amide bonds. The summed E-state index contributed by atoms with van der Waals surface area (Å²) in [6.45, 7) is 3.24. The van der Waals surface area contributed by atoms with Crippen LogP contribution in [0, 0.1) is 19.3 Å². The molecule has 3 rings (SSSR count). The minimum Gasteiger partial charge on any atom is -0.486 e. The summed E-state index contributed by atoms with van der Waals surface area (Å²) in [5, 5.41) is 0. The highest BCUT2D eigenvalue weighted by atomic mass is 16.6. The van der Waals surface area contributed by atoms with Crippen molar-refractivity contribution in [2.24, 2.45) is 0 Å². The Hall–Kier alpha value is -2.40. The van der Waals surface area contributed by atoms with E-state index in [-0.39, 0.29) is 0 Å². The maximum absolute atomic E-state index is 5.60. The van der Waals surface area contributed by atoms with Gasteiger partial charge in [-0.3, -0.25) is 0 Å². The normalized spacial score (nSPS) is 12.8. The highest BCUT2D eigenvalue weighted by Gasteiger charge is 2.12. The van der Waals surface area contributed by atoms with Crippen LogP contribution in [-0.4, -0.2) is 13.2 Å². The van der Waals surface area contributed by atoms with Crippen molar-refractivity contribution < 1.29 is 9.47 Å². The third-order valence-electron chi connectivity index (χ3n) is 3.26. The maximum atomic E-state index is 5.60. The van der Waals surface area contributed by atoms with E-state index in [9.17, 15) is 0 Å². The van der Waals surface area contributed by atoms with E-state index in [1.165, 1.54) is 0 Å². The van der Waals surface area contributed by atoms with Crippen molar-refractivity contribution >= 4 is 0 Å². The molecule has 1 aliphatic rings. The SMILES string of the molecule is C#Cc1ccc(-c2ccc3c(c2)OCCO3)cc1C. The van der Waals surface area contributed by atoms with Crippen LogP contribution in [0.25, 0.3) is 11.1 Å². The standard InChI is InChI=1S/C17H14O2/c1-3-13-4-5-14(10-12(13)2)15-6-7-16-17(11-15)19-9-8-18-16/h1,4-7,10-11H,8-9H2,2H3. The van der Waals surface area contributed by atoms with Gasteiger partial charge in [0.25, 0.3) is 0 Å². The Morgan fingerprint density at radius 3 is 2.37 bits per heavy atom. The molecule has 94 valence electrons. The first kappa shape index (κ1) is 11.7. The summed E-state index contributed by atoms with van der Waals surface area (Å²) in [6, 6.07) is 12.1. The van der Waals surface area contributed by atoms with Gasteiger partial charge in [0.05, 0.1) is 0 Å². The van der Waals surface area contributed by atoms with E-state index < -0.39 is 0 Å². The number of hydrogen-bond acceptors (Lipinski definition) is 2. The van der Waals surface area contributed by atoms with Crippen LogP contribution < -0.4 is 9.47 Å². The van der Waals surface area contributed by atoms with Crippen molar-refractivity contribution in [2.45, 2.75) is 6.92 Å². The van der Waals surface area contributed by atoms with Crippen LogP contribution in [0.1, 0.15) is 11.1 Å². The molecule has 0 bridgehead atoms. The van der Waals surface area contributed by atoms with Gasteiger partial charge in [0.15, 0.2) is 11.5 Å². The predicted molar refractivity (Wildman–Crippen MR) is 75.5 cm³/mol. The molecule has 0 spiro atoms. The minimum atomic E-state index is 0.603. The Kier molecular flexibility index (Phi) is 2.89. The Bertz CT molecular complexity index is 665. The molecule has 0 N–H and O–H groups in total. The van der Waals surface area contributed by atoms with Gasteiger partial charge < -0.3 is 9.47 Å². The first-order chi connectivity index (χ1) is 9.28. The summed E-state index contributed by atoms with van der Waals surface area (Å²) in [5.41, 5.74) is 4.28. The second-order valence-corrected chi connectivity index (χ2v) is 4.53. The summed E-state index contributed by atoms with van der Waals surface area (Å²) < 4.78 is 11.1. The number of hydrogen-bond donors (Lipinski definition) is 0. The lowest BCUT2D eigenvalue weighted by molar-refractivity contribution is 0.171. The van der Waals surface area contributed by atoms with E-state index in [1.54, 1.807) is 0 Å². The number of benzene rings is 2. The largest absolute Gasteiger partial charge is 0.486 e. The highest BCUT2D eigenvalue weighted by molar-refractivity contribution is 5.69. The Morgan fingerprint density at radius 1 is 0.947 bits per heavy atom. The van der Waals surface area contributed by atoms with Gasteiger partial charge in [0, 0.05) is 5.56 Å². The van der Waals surface area contributed by atoms with Crippen molar-refractivity contribution in [3.63, 3.8) is 0 Å². The van der Waals surface area contributed by atoms with Crippen LogP contribution >= 0.6 is 0 Å². The first-order valence-electron chi connectivity index (χ1n) is 6.25. The summed E-state index contributed by atoms with van der Waals surface area (Å²) in [4.78, 5) is 0. The van der Waals surface area contributed by atoms with Gasteiger partial charge in [-0.15, -0.1) is 6.42 Å². The van der Waals surface area contributed by atoms with E-state index >= 15 is 0 Å². The number of aryl methyl sites for hydroxylation is 1. The van der Waals surface area contributed by atoms with E-state index in [2.05, 4.69) is 12.0 Å². The quantitative estimate of drug-likeness (QED) is 0.722. The van der Waals surface area contributed by atoms with Crippen molar-refractivity contribution in [3.05, 3.63) is 47.5 Å². The third-order valence-corrected chi connectivity index (χ3v) is 3.26. The third kappa shape index (κ3) is 2.15. The van der Waals surface area contributed by atoms with Gasteiger partial charge in [-0.2, -0.15) is 0 Å². The molecule has 19 heavy (non-hydrogen) atoms. The lowest BCUT2D eigenvalue weighted by atomic mass is 10.00. The predicted octanol–water partition coefficient (Wildman–Crippen LogP) is 3.41. The molecule has 2 aromatic carbocycles. The topological polar surface area (TPSA) is 18.5 Å². The van der Waals surface area contributed by atoms with Crippen molar-refractivity contribution in [3.8, 4) is 35.0 Å². The molecule has 0 aliphatic carbocycles. The zero-order chi connectivity index (χ0) is 13.2. The fraction of sp³-hybridized carbons (Fsp3) is 0.176. The number of ether oxygens (including phenoxy) is 2. The minimum absolute atomic E-state index is 0.603. The van der Waals surface area contributed by atoms with Crippen LogP contribution in [-0.2, 0) is 0 Å². The summed E-state index contributed by atoms with van der Waals surface area (Å²) >= 11 is 0. The molecule has 0 atom stereocenters. The Morgan fingerprint density at radius 2 is 1.63 bits per heavy atom. The summed E-state index contributed by atoms with van der Waals surface area (Å²) in [6.07, 6.45) is 5.44. The van der Waals surface area contributed by atoms with Crippen LogP contribution in [0.5, 0.6) is 11.5 Å². The van der Waals surface area contributed by atoms with Crippen LogP contribution in [0.4, 0.5) is 0 Å². The molecule has 2 nitrogen and oxygen atoms in total. The molecule has 1 aliphatic heterocycles. The zero-order valence-corrected chi connectivity index (χ0v) is 10.8. The average molecular weight is 250 g/mol. The molecular weight excluding hydrogens is 236 g/mol.